The Morgan fingerprint density at radius 2 is 2.12 bits per heavy atom. The molecule has 0 radical (unpaired) electrons. The minimum atomic E-state index is 0.233. The maximum absolute atomic E-state index is 5.79. The first-order valence-corrected chi connectivity index (χ1v) is 9.03. The van der Waals surface area contributed by atoms with E-state index < -0.39 is 0 Å². The first kappa shape index (κ1) is 16.4. The Kier molecular flexibility index (Phi) is 4.61. The fraction of sp³-hybridized carbons (Fsp3) is 0.400. The molecule has 2 atom stereocenters. The molecule has 1 aliphatic rings. The van der Waals surface area contributed by atoms with Gasteiger partial charge >= 0.3 is 0 Å². The van der Waals surface area contributed by atoms with Crippen LogP contribution in [0.4, 0.5) is 0 Å². The van der Waals surface area contributed by atoms with E-state index in [9.17, 15) is 0 Å². The summed E-state index contributed by atoms with van der Waals surface area (Å²) in [4.78, 5) is 3.38. The molecule has 0 bridgehead atoms. The van der Waals surface area contributed by atoms with Gasteiger partial charge in [-0.15, -0.1) is 0 Å². The Bertz CT molecular complexity index is 850. The summed E-state index contributed by atoms with van der Waals surface area (Å²) in [6.45, 7) is 7.05. The van der Waals surface area contributed by atoms with Gasteiger partial charge in [0.1, 0.15) is 11.5 Å². The van der Waals surface area contributed by atoms with Crippen LogP contribution in [0.25, 0.3) is 10.9 Å². The number of fused-ring (bicyclic) bond motifs is 1. The molecule has 3 aromatic rings. The van der Waals surface area contributed by atoms with Crippen molar-refractivity contribution < 1.29 is 4.42 Å². The van der Waals surface area contributed by atoms with Gasteiger partial charge in [0.15, 0.2) is 0 Å². The highest BCUT2D eigenvalue weighted by Crippen LogP contribution is 2.26. The molecule has 0 aliphatic carbocycles. The van der Waals surface area contributed by atoms with Crippen LogP contribution in [-0.2, 0) is 6.42 Å². The number of benzene rings is 1. The van der Waals surface area contributed by atoms with E-state index in [0.29, 0.717) is 5.92 Å². The van der Waals surface area contributed by atoms with Gasteiger partial charge in [-0.3, -0.25) is 5.43 Å². The average molecular weight is 338 g/mol. The zero-order chi connectivity index (χ0) is 17.2. The summed E-state index contributed by atoms with van der Waals surface area (Å²) in [5, 5.41) is 4.99. The lowest BCUT2D eigenvalue weighted by atomic mass is 10.00. The summed E-state index contributed by atoms with van der Waals surface area (Å²) in [7, 11) is 0. The van der Waals surface area contributed by atoms with E-state index in [-0.39, 0.29) is 6.04 Å². The van der Waals surface area contributed by atoms with Gasteiger partial charge in [-0.1, -0.05) is 12.1 Å². The molecule has 3 heterocycles. The van der Waals surface area contributed by atoms with Crippen LogP contribution >= 0.6 is 0 Å². The number of hydrogen-bond donors (Lipinski definition) is 4. The van der Waals surface area contributed by atoms with Gasteiger partial charge < -0.3 is 14.7 Å². The topological polar surface area (TPSA) is 65.0 Å². The summed E-state index contributed by atoms with van der Waals surface area (Å²) < 4.78 is 5.79. The molecular weight excluding hydrogens is 312 g/mol. The van der Waals surface area contributed by atoms with Crippen molar-refractivity contribution >= 4 is 10.9 Å². The van der Waals surface area contributed by atoms with Crippen molar-refractivity contribution in [2.24, 2.45) is 5.92 Å². The second-order valence-corrected chi connectivity index (χ2v) is 6.98. The largest absolute Gasteiger partial charge is 0.465 e. The molecule has 5 heteroatoms. The number of aromatic nitrogens is 1. The maximum atomic E-state index is 5.79. The third-order valence-corrected chi connectivity index (χ3v) is 5.13. The van der Waals surface area contributed by atoms with Crippen LogP contribution in [0.3, 0.4) is 0 Å². The van der Waals surface area contributed by atoms with Crippen molar-refractivity contribution in [3.05, 3.63) is 59.2 Å². The lowest BCUT2D eigenvalue weighted by Crippen LogP contribution is -2.29. The highest BCUT2D eigenvalue weighted by atomic mass is 16.3. The number of rotatable bonds is 6. The molecule has 0 amide bonds. The first-order chi connectivity index (χ1) is 12.2. The molecule has 2 unspecified atom stereocenters. The van der Waals surface area contributed by atoms with Crippen LogP contribution < -0.4 is 16.2 Å². The molecule has 1 saturated heterocycles. The molecule has 4 rings (SSSR count). The lowest BCUT2D eigenvalue weighted by Gasteiger charge is -2.17. The summed E-state index contributed by atoms with van der Waals surface area (Å²) in [5.74, 6) is 2.46. The number of aryl methyl sites for hydroxylation is 2. The zero-order valence-corrected chi connectivity index (χ0v) is 14.9. The minimum absolute atomic E-state index is 0.233. The number of nitrogens with one attached hydrogen (secondary N) is 4. The fourth-order valence-electron chi connectivity index (χ4n) is 3.81. The predicted molar refractivity (Wildman–Crippen MR) is 100 cm³/mol. The van der Waals surface area contributed by atoms with Crippen molar-refractivity contribution in [1.29, 1.82) is 0 Å². The van der Waals surface area contributed by atoms with Crippen molar-refractivity contribution in [1.82, 2.24) is 21.2 Å². The summed E-state index contributed by atoms with van der Waals surface area (Å²) in [6.07, 6.45) is 3.18. The van der Waals surface area contributed by atoms with Crippen LogP contribution in [0.2, 0.25) is 0 Å². The second kappa shape index (κ2) is 7.04. The minimum Gasteiger partial charge on any atom is -0.465 e. The van der Waals surface area contributed by atoms with Crippen molar-refractivity contribution in [3.63, 3.8) is 0 Å². The highest BCUT2D eigenvalue weighted by Gasteiger charge is 2.30. The SMILES string of the molecule is Cc1ccc(C2NNCC2CNCCc2c[nH]c3cccc(C)c23)o1. The van der Waals surface area contributed by atoms with Crippen LogP contribution in [0, 0.1) is 19.8 Å². The van der Waals surface area contributed by atoms with Gasteiger partial charge in [0, 0.05) is 36.1 Å². The van der Waals surface area contributed by atoms with E-state index in [4.69, 9.17) is 4.42 Å². The molecule has 0 spiro atoms. The third kappa shape index (κ3) is 3.35. The third-order valence-electron chi connectivity index (χ3n) is 5.13. The smallest absolute Gasteiger partial charge is 0.122 e. The number of furan rings is 1. The Balaban J connectivity index is 1.33. The zero-order valence-electron chi connectivity index (χ0n) is 14.9. The van der Waals surface area contributed by atoms with Gasteiger partial charge in [-0.05, 0) is 56.1 Å². The van der Waals surface area contributed by atoms with E-state index in [2.05, 4.69) is 58.5 Å². The number of aromatic amines is 1. The summed E-state index contributed by atoms with van der Waals surface area (Å²) >= 11 is 0. The van der Waals surface area contributed by atoms with Crippen LogP contribution in [-0.4, -0.2) is 24.6 Å². The molecule has 5 nitrogen and oxygen atoms in total. The van der Waals surface area contributed by atoms with E-state index in [1.165, 1.54) is 22.0 Å². The number of hydrogen-bond acceptors (Lipinski definition) is 4. The fourth-order valence-corrected chi connectivity index (χ4v) is 3.81. The predicted octanol–water partition coefficient (Wildman–Crippen LogP) is 2.98. The highest BCUT2D eigenvalue weighted by molar-refractivity contribution is 5.86. The van der Waals surface area contributed by atoms with Crippen molar-refractivity contribution in [2.45, 2.75) is 26.3 Å². The Labute approximate surface area is 148 Å². The van der Waals surface area contributed by atoms with E-state index >= 15 is 0 Å². The lowest BCUT2D eigenvalue weighted by molar-refractivity contribution is 0.361. The number of hydrazine groups is 1. The monoisotopic (exact) mass is 338 g/mol. The van der Waals surface area contributed by atoms with Gasteiger partial charge in [0.25, 0.3) is 0 Å². The Hall–Kier alpha value is -2.08. The maximum Gasteiger partial charge on any atom is 0.122 e. The average Bonchev–Trinajstić information content (AvgIpc) is 3.31. The molecule has 2 aromatic heterocycles. The van der Waals surface area contributed by atoms with Crippen LogP contribution in [0.1, 0.15) is 28.7 Å². The van der Waals surface area contributed by atoms with Gasteiger partial charge in [-0.2, -0.15) is 0 Å². The molecule has 1 aromatic carbocycles. The van der Waals surface area contributed by atoms with Crippen LogP contribution in [0.5, 0.6) is 0 Å². The van der Waals surface area contributed by atoms with Gasteiger partial charge in [0.05, 0.1) is 6.04 Å². The molecule has 4 N–H and O–H groups in total. The molecular formula is C20H26N4O. The van der Waals surface area contributed by atoms with Gasteiger partial charge in [-0.25, -0.2) is 5.43 Å². The Morgan fingerprint density at radius 3 is 2.96 bits per heavy atom. The molecule has 132 valence electrons. The van der Waals surface area contributed by atoms with E-state index in [0.717, 1.165) is 37.6 Å². The van der Waals surface area contributed by atoms with Crippen molar-refractivity contribution in [2.75, 3.05) is 19.6 Å². The standard InChI is InChI=1S/C20H26N4O/c1-13-4-3-5-17-19(13)15(11-22-17)8-9-21-10-16-12-23-24-20(16)18-7-6-14(2)25-18/h3-7,11,16,20-24H,8-10,12H2,1-2H3. The van der Waals surface area contributed by atoms with Crippen LogP contribution in [0.15, 0.2) is 40.9 Å². The molecule has 25 heavy (non-hydrogen) atoms. The number of H-pyrrole nitrogens is 1. The molecule has 1 fully saturated rings. The Morgan fingerprint density at radius 1 is 1.20 bits per heavy atom. The van der Waals surface area contributed by atoms with E-state index in [1.807, 2.05) is 13.0 Å². The first-order valence-electron chi connectivity index (χ1n) is 9.03. The molecule has 1 aliphatic heterocycles. The molecule has 0 saturated carbocycles. The van der Waals surface area contributed by atoms with Gasteiger partial charge in [0.2, 0.25) is 0 Å². The summed E-state index contributed by atoms with van der Waals surface area (Å²) in [6, 6.07) is 10.8. The second-order valence-electron chi connectivity index (χ2n) is 6.98. The quantitative estimate of drug-likeness (QED) is 0.522. The van der Waals surface area contributed by atoms with E-state index in [1.54, 1.807) is 0 Å². The normalized spacial score (nSPS) is 20.6. The van der Waals surface area contributed by atoms with Crippen molar-refractivity contribution in [3.8, 4) is 0 Å². The summed E-state index contributed by atoms with van der Waals surface area (Å²) in [5.41, 5.74) is 10.6.